The van der Waals surface area contributed by atoms with Crippen LogP contribution >= 0.6 is 11.8 Å². The van der Waals surface area contributed by atoms with E-state index in [1.807, 2.05) is 5.32 Å². The first-order chi connectivity index (χ1) is 13.4. The molecule has 0 spiro atoms. The first-order valence-electron chi connectivity index (χ1n) is 8.35. The lowest BCUT2D eigenvalue weighted by Gasteiger charge is -2.17. The molecule has 0 aromatic heterocycles. The van der Waals surface area contributed by atoms with Gasteiger partial charge in [0, 0.05) is 17.3 Å². The highest BCUT2D eigenvalue weighted by Gasteiger charge is 2.37. The highest BCUT2D eigenvalue weighted by atomic mass is 32.2. The molecule has 0 bridgehead atoms. The minimum absolute atomic E-state index is 0.0201. The number of urea groups is 1. The normalized spacial score (nSPS) is 19.5. The number of nitrogens with zero attached hydrogens (tertiary/aromatic N) is 2. The number of hydrogen-bond acceptors (Lipinski definition) is 3. The molecule has 2 aliphatic rings. The van der Waals surface area contributed by atoms with Crippen molar-refractivity contribution in [1.82, 2.24) is 0 Å². The Morgan fingerprint density at radius 3 is 2.28 bits per heavy atom. The smallest absolute Gasteiger partial charge is 0.325 e. The number of hydrogen-bond donors (Lipinski definition) is 1. The molecule has 29 heavy (non-hydrogen) atoms. The standard InChI is InChI=1S/C17H13F6N3O2S/c18-16(19,20)8-4-9(17(21,22)23)6-10(5-8)24-13(27)7-29-14-11-2-1-3-12(11)25-15(28)26-14/h4-6,11H,1-3,7H2,(H,24,27). The molecule has 156 valence electrons. The number of nitrogens with one attached hydrogen (secondary N) is 1. The van der Waals surface area contributed by atoms with Crippen LogP contribution in [0.1, 0.15) is 30.4 Å². The molecule has 1 heterocycles. The molecule has 1 aromatic rings. The van der Waals surface area contributed by atoms with Crippen LogP contribution in [0.25, 0.3) is 0 Å². The van der Waals surface area contributed by atoms with E-state index in [4.69, 9.17) is 0 Å². The maximum absolute atomic E-state index is 12.9. The van der Waals surface area contributed by atoms with Crippen LogP contribution in [0.2, 0.25) is 0 Å². The number of thioether (sulfide) groups is 1. The number of amides is 3. The average molecular weight is 437 g/mol. The summed E-state index contributed by atoms with van der Waals surface area (Å²) in [5, 5.41) is 2.43. The summed E-state index contributed by atoms with van der Waals surface area (Å²) >= 11 is 0.916. The maximum atomic E-state index is 12.9. The van der Waals surface area contributed by atoms with Crippen molar-refractivity contribution < 1.29 is 35.9 Å². The van der Waals surface area contributed by atoms with Gasteiger partial charge in [0.05, 0.1) is 21.9 Å². The summed E-state index contributed by atoms with van der Waals surface area (Å²) in [5.41, 5.74) is -2.99. The number of halogens is 6. The maximum Gasteiger partial charge on any atom is 0.416 e. The number of carbonyl (C=O) groups excluding carboxylic acids is 2. The second kappa shape index (κ2) is 7.81. The van der Waals surface area contributed by atoms with Gasteiger partial charge >= 0.3 is 18.4 Å². The molecule has 1 aliphatic heterocycles. The van der Waals surface area contributed by atoms with Gasteiger partial charge < -0.3 is 5.32 Å². The molecule has 1 unspecified atom stereocenters. The van der Waals surface area contributed by atoms with Gasteiger partial charge in [-0.2, -0.15) is 31.3 Å². The van der Waals surface area contributed by atoms with Crippen LogP contribution in [0.4, 0.5) is 36.8 Å². The fourth-order valence-corrected chi connectivity index (χ4v) is 3.99. The van der Waals surface area contributed by atoms with E-state index < -0.39 is 41.1 Å². The third-order valence-corrected chi connectivity index (χ3v) is 5.37. The Hall–Kier alpha value is -2.37. The third-order valence-electron chi connectivity index (χ3n) is 4.29. The highest BCUT2D eigenvalue weighted by Crippen LogP contribution is 2.37. The molecule has 12 heteroatoms. The molecule has 3 amide bonds. The highest BCUT2D eigenvalue weighted by molar-refractivity contribution is 8.14. The summed E-state index contributed by atoms with van der Waals surface area (Å²) in [5.74, 6) is -1.32. The second-order valence-corrected chi connectivity index (χ2v) is 7.41. The SMILES string of the molecule is O=C1N=C2CCCC2C(SCC(=O)Nc2cc(C(F)(F)F)cc(C(F)(F)F)c2)=N1. The average Bonchev–Trinajstić information content (AvgIpc) is 3.06. The van der Waals surface area contributed by atoms with Gasteiger partial charge in [-0.3, -0.25) is 4.79 Å². The zero-order chi connectivity index (χ0) is 21.4. The molecule has 1 N–H and O–H groups in total. The molecule has 1 fully saturated rings. The van der Waals surface area contributed by atoms with Gasteiger partial charge in [-0.1, -0.05) is 11.8 Å². The van der Waals surface area contributed by atoms with Crippen LogP contribution in [0.3, 0.4) is 0 Å². The van der Waals surface area contributed by atoms with Crippen molar-refractivity contribution in [2.75, 3.05) is 11.1 Å². The van der Waals surface area contributed by atoms with E-state index in [1.165, 1.54) is 0 Å². The number of aliphatic imine (C=N–C) groups is 2. The van der Waals surface area contributed by atoms with Crippen LogP contribution in [0.15, 0.2) is 28.2 Å². The van der Waals surface area contributed by atoms with Gasteiger partial charge in [0.15, 0.2) is 0 Å². The first-order valence-corrected chi connectivity index (χ1v) is 9.34. The van der Waals surface area contributed by atoms with Gasteiger partial charge in [-0.15, -0.1) is 0 Å². The minimum Gasteiger partial charge on any atom is -0.325 e. The first kappa shape index (κ1) is 21.3. The van der Waals surface area contributed by atoms with Crippen LogP contribution < -0.4 is 5.32 Å². The van der Waals surface area contributed by atoms with E-state index in [0.717, 1.165) is 18.2 Å². The van der Waals surface area contributed by atoms with Crippen LogP contribution in [0, 0.1) is 5.92 Å². The van der Waals surface area contributed by atoms with E-state index in [1.54, 1.807) is 0 Å². The van der Waals surface area contributed by atoms with E-state index in [9.17, 15) is 35.9 Å². The Kier molecular flexibility index (Phi) is 5.74. The van der Waals surface area contributed by atoms with Crippen molar-refractivity contribution in [3.8, 4) is 0 Å². The Morgan fingerprint density at radius 1 is 1.07 bits per heavy atom. The third kappa shape index (κ3) is 5.17. The van der Waals surface area contributed by atoms with Crippen LogP contribution in [-0.2, 0) is 17.1 Å². The van der Waals surface area contributed by atoms with Gasteiger partial charge in [0.25, 0.3) is 0 Å². The predicted molar refractivity (Wildman–Crippen MR) is 95.1 cm³/mol. The predicted octanol–water partition coefficient (Wildman–Crippen LogP) is 5.17. The summed E-state index contributed by atoms with van der Waals surface area (Å²) in [4.78, 5) is 31.2. The molecular formula is C17H13F6N3O2S. The minimum atomic E-state index is -5.01. The number of rotatable bonds is 3. The Morgan fingerprint density at radius 2 is 1.69 bits per heavy atom. The summed E-state index contributed by atoms with van der Waals surface area (Å²) in [6.07, 6.45) is -7.85. The van der Waals surface area contributed by atoms with Crippen molar-refractivity contribution in [1.29, 1.82) is 0 Å². The van der Waals surface area contributed by atoms with Gasteiger partial charge in [0.1, 0.15) is 0 Å². The molecule has 5 nitrogen and oxygen atoms in total. The summed E-state index contributed by atoms with van der Waals surface area (Å²) in [6, 6.07) is 0.157. The zero-order valence-corrected chi connectivity index (χ0v) is 15.3. The van der Waals surface area contributed by atoms with Crippen molar-refractivity contribution in [3.05, 3.63) is 29.3 Å². The molecule has 1 saturated carbocycles. The largest absolute Gasteiger partial charge is 0.416 e. The molecule has 1 aliphatic carbocycles. The number of benzene rings is 1. The molecule has 1 atom stereocenters. The lowest BCUT2D eigenvalue weighted by atomic mass is 10.1. The van der Waals surface area contributed by atoms with E-state index in [2.05, 4.69) is 9.98 Å². The van der Waals surface area contributed by atoms with Gasteiger partial charge in [-0.25, -0.2) is 9.79 Å². The molecular weight excluding hydrogens is 424 g/mol. The molecule has 0 saturated heterocycles. The summed E-state index contributed by atoms with van der Waals surface area (Å²) < 4.78 is 77.3. The second-order valence-electron chi connectivity index (χ2n) is 6.41. The Balaban J connectivity index is 1.71. The molecule has 3 rings (SSSR count). The lowest BCUT2D eigenvalue weighted by Crippen LogP contribution is -2.24. The fraction of sp³-hybridized carbons (Fsp3) is 0.412. The number of alkyl halides is 6. The van der Waals surface area contributed by atoms with E-state index in [0.29, 0.717) is 35.7 Å². The van der Waals surface area contributed by atoms with E-state index in [-0.39, 0.29) is 17.7 Å². The van der Waals surface area contributed by atoms with Crippen LogP contribution in [0.5, 0.6) is 0 Å². The van der Waals surface area contributed by atoms with Crippen molar-refractivity contribution in [3.63, 3.8) is 0 Å². The molecule has 1 aromatic carbocycles. The van der Waals surface area contributed by atoms with Crippen molar-refractivity contribution >= 4 is 40.1 Å². The monoisotopic (exact) mass is 437 g/mol. The number of fused-ring (bicyclic) bond motifs is 1. The fourth-order valence-electron chi connectivity index (χ4n) is 3.04. The Bertz CT molecular complexity index is 875. The van der Waals surface area contributed by atoms with Crippen molar-refractivity contribution in [2.45, 2.75) is 31.6 Å². The zero-order valence-electron chi connectivity index (χ0n) is 14.5. The number of anilines is 1. The van der Waals surface area contributed by atoms with Crippen LogP contribution in [-0.4, -0.2) is 28.4 Å². The van der Waals surface area contributed by atoms with E-state index >= 15 is 0 Å². The van der Waals surface area contributed by atoms with Crippen molar-refractivity contribution in [2.24, 2.45) is 15.9 Å². The van der Waals surface area contributed by atoms with Gasteiger partial charge in [0.2, 0.25) is 5.91 Å². The summed E-state index contributed by atoms with van der Waals surface area (Å²) in [6.45, 7) is 0. The number of carbonyl (C=O) groups is 2. The Labute approximate surface area is 164 Å². The summed E-state index contributed by atoms with van der Waals surface area (Å²) in [7, 11) is 0. The topological polar surface area (TPSA) is 70.9 Å². The molecule has 0 radical (unpaired) electrons. The van der Waals surface area contributed by atoms with Gasteiger partial charge in [-0.05, 0) is 37.5 Å². The quantitative estimate of drug-likeness (QED) is 0.664. The lowest BCUT2D eigenvalue weighted by molar-refractivity contribution is -0.143.